The molecule has 0 amide bonds. The number of fused-ring (bicyclic) bond motifs is 1. The molecular formula is C22H17FN2O6. The van der Waals surface area contributed by atoms with E-state index < -0.39 is 22.8 Å². The molecule has 0 saturated heterocycles. The van der Waals surface area contributed by atoms with Crippen LogP contribution in [0.3, 0.4) is 0 Å². The van der Waals surface area contributed by atoms with E-state index in [1.807, 2.05) is 0 Å². The number of hydrogen-bond acceptors (Lipinski definition) is 6. The first-order valence-electron chi connectivity index (χ1n) is 9.14. The highest BCUT2D eigenvalue weighted by Crippen LogP contribution is 2.28. The van der Waals surface area contributed by atoms with Crippen molar-refractivity contribution in [3.05, 3.63) is 76.0 Å². The van der Waals surface area contributed by atoms with Crippen LogP contribution in [-0.4, -0.2) is 34.8 Å². The second-order valence-electron chi connectivity index (χ2n) is 6.65. The van der Waals surface area contributed by atoms with Crippen LogP contribution in [0.1, 0.15) is 15.9 Å². The molecule has 0 saturated carbocycles. The summed E-state index contributed by atoms with van der Waals surface area (Å²) in [4.78, 5) is 28.6. The van der Waals surface area contributed by atoms with Crippen molar-refractivity contribution < 1.29 is 28.2 Å². The van der Waals surface area contributed by atoms with Crippen LogP contribution in [0.4, 0.5) is 4.39 Å². The lowest BCUT2D eigenvalue weighted by atomic mass is 10.1. The number of furan rings is 1. The van der Waals surface area contributed by atoms with E-state index in [9.17, 15) is 19.1 Å². The Bertz CT molecular complexity index is 1340. The first kappa shape index (κ1) is 20.1. The molecule has 8 nitrogen and oxygen atoms in total. The Kier molecular flexibility index (Phi) is 5.16. The minimum atomic E-state index is -1.42. The van der Waals surface area contributed by atoms with E-state index in [1.165, 1.54) is 37.3 Å². The van der Waals surface area contributed by atoms with E-state index in [2.05, 4.69) is 4.98 Å². The number of aromatic carboxylic acids is 1. The number of nitrogens with zero attached hydrogens (tertiary/aromatic N) is 2. The maximum atomic E-state index is 14.7. The van der Waals surface area contributed by atoms with Gasteiger partial charge in [0.2, 0.25) is 5.43 Å². The SMILES string of the molecule is COc1ccc(Cn2cc(C(=O)O)c(=O)c3cc(F)c(-c4ccco4)nc32)c(OC)c1. The molecule has 0 fully saturated rings. The maximum absolute atomic E-state index is 14.7. The lowest BCUT2D eigenvalue weighted by Gasteiger charge is -2.15. The third-order valence-corrected chi connectivity index (χ3v) is 4.82. The number of pyridine rings is 2. The van der Waals surface area contributed by atoms with Crippen LogP contribution in [0.5, 0.6) is 11.5 Å². The predicted molar refractivity (Wildman–Crippen MR) is 109 cm³/mol. The fraction of sp³-hybridized carbons (Fsp3) is 0.136. The smallest absolute Gasteiger partial charge is 0.341 e. The summed E-state index contributed by atoms with van der Waals surface area (Å²) >= 11 is 0. The molecule has 31 heavy (non-hydrogen) atoms. The molecular weight excluding hydrogens is 407 g/mol. The highest BCUT2D eigenvalue weighted by molar-refractivity contribution is 5.92. The molecule has 0 aliphatic rings. The van der Waals surface area contributed by atoms with Crippen LogP contribution in [-0.2, 0) is 6.54 Å². The predicted octanol–water partition coefficient (Wildman–Crippen LogP) is 3.56. The van der Waals surface area contributed by atoms with Gasteiger partial charge in [0.15, 0.2) is 11.6 Å². The molecule has 0 aliphatic carbocycles. The maximum Gasteiger partial charge on any atom is 0.341 e. The van der Waals surface area contributed by atoms with Gasteiger partial charge in [-0.1, -0.05) is 0 Å². The van der Waals surface area contributed by atoms with E-state index in [-0.39, 0.29) is 29.0 Å². The highest BCUT2D eigenvalue weighted by atomic mass is 19.1. The van der Waals surface area contributed by atoms with Gasteiger partial charge in [-0.2, -0.15) is 0 Å². The largest absolute Gasteiger partial charge is 0.497 e. The highest BCUT2D eigenvalue weighted by Gasteiger charge is 2.20. The third kappa shape index (κ3) is 3.61. The molecule has 0 atom stereocenters. The topological polar surface area (TPSA) is 104 Å². The van der Waals surface area contributed by atoms with E-state index in [4.69, 9.17) is 13.9 Å². The van der Waals surface area contributed by atoms with Gasteiger partial charge in [0.05, 0.1) is 32.4 Å². The molecule has 3 heterocycles. The zero-order valence-corrected chi connectivity index (χ0v) is 16.6. The van der Waals surface area contributed by atoms with Gasteiger partial charge in [-0.05, 0) is 30.3 Å². The van der Waals surface area contributed by atoms with Crippen molar-refractivity contribution in [2.24, 2.45) is 0 Å². The Morgan fingerprint density at radius 3 is 2.68 bits per heavy atom. The van der Waals surface area contributed by atoms with Gasteiger partial charge in [-0.3, -0.25) is 4.79 Å². The van der Waals surface area contributed by atoms with Gasteiger partial charge in [0.1, 0.15) is 28.4 Å². The lowest BCUT2D eigenvalue weighted by molar-refractivity contribution is 0.0695. The number of aromatic nitrogens is 2. The second-order valence-corrected chi connectivity index (χ2v) is 6.65. The summed E-state index contributed by atoms with van der Waals surface area (Å²) < 4.78 is 32.0. The number of rotatable bonds is 6. The van der Waals surface area contributed by atoms with E-state index in [0.717, 1.165) is 6.07 Å². The summed E-state index contributed by atoms with van der Waals surface area (Å²) in [7, 11) is 3.02. The molecule has 0 spiro atoms. The molecule has 0 radical (unpaired) electrons. The van der Waals surface area contributed by atoms with Crippen LogP contribution in [0.2, 0.25) is 0 Å². The van der Waals surface area contributed by atoms with Crippen LogP contribution in [0.15, 0.2) is 58.1 Å². The summed E-state index contributed by atoms with van der Waals surface area (Å²) in [6.07, 6.45) is 2.57. The van der Waals surface area contributed by atoms with E-state index in [1.54, 1.807) is 24.3 Å². The van der Waals surface area contributed by atoms with Gasteiger partial charge in [0, 0.05) is 17.8 Å². The number of methoxy groups -OCH3 is 2. The van der Waals surface area contributed by atoms with Crippen molar-refractivity contribution in [2.75, 3.05) is 14.2 Å². The summed E-state index contributed by atoms with van der Waals surface area (Å²) in [6, 6.07) is 9.26. The van der Waals surface area contributed by atoms with Crippen LogP contribution in [0, 0.1) is 5.82 Å². The van der Waals surface area contributed by atoms with Crippen molar-refractivity contribution in [2.45, 2.75) is 6.54 Å². The number of carboxylic acids is 1. The number of benzene rings is 1. The molecule has 0 aliphatic heterocycles. The zero-order valence-electron chi connectivity index (χ0n) is 16.6. The quantitative estimate of drug-likeness (QED) is 0.505. The Morgan fingerprint density at radius 2 is 2.03 bits per heavy atom. The van der Waals surface area contributed by atoms with Crippen molar-refractivity contribution in [1.82, 2.24) is 9.55 Å². The van der Waals surface area contributed by atoms with E-state index >= 15 is 0 Å². The molecule has 158 valence electrons. The summed E-state index contributed by atoms with van der Waals surface area (Å²) in [5.41, 5.74) is -0.615. The Balaban J connectivity index is 1.97. The van der Waals surface area contributed by atoms with Gasteiger partial charge < -0.3 is 23.6 Å². The van der Waals surface area contributed by atoms with Crippen LogP contribution < -0.4 is 14.9 Å². The minimum Gasteiger partial charge on any atom is -0.497 e. The molecule has 9 heteroatoms. The summed E-state index contributed by atoms with van der Waals surface area (Å²) in [5.74, 6) is -0.954. The van der Waals surface area contributed by atoms with Crippen molar-refractivity contribution >= 4 is 17.0 Å². The summed E-state index contributed by atoms with van der Waals surface area (Å²) in [6.45, 7) is 0.112. The minimum absolute atomic E-state index is 0.0876. The molecule has 4 aromatic rings. The monoisotopic (exact) mass is 424 g/mol. The first-order valence-corrected chi connectivity index (χ1v) is 9.14. The number of ether oxygens (including phenoxy) is 2. The Labute approximate surface area is 175 Å². The Morgan fingerprint density at radius 1 is 1.23 bits per heavy atom. The van der Waals surface area contributed by atoms with Gasteiger partial charge >= 0.3 is 5.97 Å². The number of carboxylic acid groups (broad SMARTS) is 1. The van der Waals surface area contributed by atoms with Crippen LogP contribution in [0.25, 0.3) is 22.5 Å². The fourth-order valence-electron chi connectivity index (χ4n) is 3.31. The molecule has 1 aromatic carbocycles. The molecule has 0 unspecified atom stereocenters. The van der Waals surface area contributed by atoms with Crippen molar-refractivity contribution in [3.63, 3.8) is 0 Å². The molecule has 3 aromatic heterocycles. The average Bonchev–Trinajstić information content (AvgIpc) is 3.30. The number of carbonyl (C=O) groups is 1. The molecule has 4 rings (SSSR count). The van der Waals surface area contributed by atoms with Gasteiger partial charge in [0.25, 0.3) is 0 Å². The van der Waals surface area contributed by atoms with Crippen molar-refractivity contribution in [1.29, 1.82) is 0 Å². The summed E-state index contributed by atoms with van der Waals surface area (Å²) in [5, 5.41) is 9.32. The van der Waals surface area contributed by atoms with Crippen LogP contribution >= 0.6 is 0 Å². The van der Waals surface area contributed by atoms with Gasteiger partial charge in [-0.25, -0.2) is 14.2 Å². The number of halogens is 1. The molecule has 1 N–H and O–H groups in total. The standard InChI is InChI=1S/C22H17FN2O6/c1-29-13-6-5-12(18(8-13)30-2)10-25-11-15(22(27)28)20(26)14-9-16(23)19(24-21(14)25)17-4-3-7-31-17/h3-9,11H,10H2,1-2H3,(H,27,28). The molecule has 0 bridgehead atoms. The first-order chi connectivity index (χ1) is 14.9. The Hall–Kier alpha value is -4.14. The second kappa shape index (κ2) is 7.94. The van der Waals surface area contributed by atoms with Gasteiger partial charge in [-0.15, -0.1) is 0 Å². The average molecular weight is 424 g/mol. The lowest BCUT2D eigenvalue weighted by Crippen LogP contribution is -2.20. The van der Waals surface area contributed by atoms with Crippen molar-refractivity contribution in [3.8, 4) is 23.0 Å². The normalized spacial score (nSPS) is 10.9. The number of hydrogen-bond donors (Lipinski definition) is 1. The van der Waals surface area contributed by atoms with E-state index in [0.29, 0.717) is 17.1 Å². The third-order valence-electron chi connectivity index (χ3n) is 4.82. The fourth-order valence-corrected chi connectivity index (χ4v) is 3.31. The zero-order chi connectivity index (χ0) is 22.1.